The molecule has 1 fully saturated rings. The summed E-state index contributed by atoms with van der Waals surface area (Å²) in [5.41, 5.74) is 7.24. The highest BCUT2D eigenvalue weighted by molar-refractivity contribution is 5.97. The number of methoxy groups -OCH3 is 1. The summed E-state index contributed by atoms with van der Waals surface area (Å²) in [6.45, 7) is 8.31. The van der Waals surface area contributed by atoms with Crippen molar-refractivity contribution < 1.29 is 14.3 Å². The number of benzene rings is 3. The molecule has 0 spiro atoms. The van der Waals surface area contributed by atoms with Gasteiger partial charge in [-0.3, -0.25) is 0 Å². The van der Waals surface area contributed by atoms with Crippen molar-refractivity contribution >= 4 is 23.0 Å². The maximum Gasteiger partial charge on any atom is 0.337 e. The molecule has 3 aromatic carbocycles. The van der Waals surface area contributed by atoms with Crippen LogP contribution in [0.5, 0.6) is 0 Å². The number of carbonyl (C=O) groups excluding carboxylic acids is 1. The van der Waals surface area contributed by atoms with Crippen LogP contribution < -0.4 is 4.90 Å². The molecule has 0 atom stereocenters. The Bertz CT molecular complexity index is 1250. The van der Waals surface area contributed by atoms with E-state index in [9.17, 15) is 4.79 Å². The van der Waals surface area contributed by atoms with Gasteiger partial charge in [0.15, 0.2) is 0 Å². The molecule has 37 heavy (non-hydrogen) atoms. The SMILES string of the molecule is C/C=C(/C)c1cc(N2CCC(c3ccccc3)CC2)ccc1/C(OCc1ccccc1)=C(\C)C(=O)OC. The second-order valence-electron chi connectivity index (χ2n) is 9.59. The first-order valence-corrected chi connectivity index (χ1v) is 13.0. The summed E-state index contributed by atoms with van der Waals surface area (Å²) < 4.78 is 11.4. The third kappa shape index (κ3) is 6.32. The van der Waals surface area contributed by atoms with Crippen LogP contribution in [0.4, 0.5) is 5.69 Å². The van der Waals surface area contributed by atoms with E-state index in [0.29, 0.717) is 23.9 Å². The molecular formula is C33H37NO3. The van der Waals surface area contributed by atoms with Crippen LogP contribution in [0, 0.1) is 0 Å². The highest BCUT2D eigenvalue weighted by Crippen LogP contribution is 2.35. The van der Waals surface area contributed by atoms with Gasteiger partial charge in [0.05, 0.1) is 12.7 Å². The first kappa shape index (κ1) is 26.3. The second-order valence-corrected chi connectivity index (χ2v) is 9.59. The van der Waals surface area contributed by atoms with E-state index < -0.39 is 0 Å². The topological polar surface area (TPSA) is 38.8 Å². The minimum atomic E-state index is -0.390. The molecule has 0 unspecified atom stereocenters. The third-order valence-corrected chi connectivity index (χ3v) is 7.29. The number of piperidine rings is 1. The molecule has 0 amide bonds. The average molecular weight is 496 g/mol. The van der Waals surface area contributed by atoms with Crippen LogP contribution in [0.25, 0.3) is 11.3 Å². The molecule has 0 saturated carbocycles. The minimum absolute atomic E-state index is 0.369. The Morgan fingerprint density at radius 2 is 1.57 bits per heavy atom. The molecule has 3 aromatic rings. The Balaban J connectivity index is 1.64. The number of hydrogen-bond acceptors (Lipinski definition) is 4. The highest BCUT2D eigenvalue weighted by Gasteiger charge is 2.23. The molecule has 4 rings (SSSR count). The fourth-order valence-electron chi connectivity index (χ4n) is 4.97. The van der Waals surface area contributed by atoms with Gasteiger partial charge < -0.3 is 14.4 Å². The Morgan fingerprint density at radius 3 is 2.19 bits per heavy atom. The van der Waals surface area contributed by atoms with Crippen molar-refractivity contribution in [3.63, 3.8) is 0 Å². The summed E-state index contributed by atoms with van der Waals surface area (Å²) in [6, 6.07) is 27.3. The Labute approximate surface area is 221 Å². The molecule has 0 aromatic heterocycles. The van der Waals surface area contributed by atoms with Gasteiger partial charge in [-0.05, 0) is 80.0 Å². The zero-order chi connectivity index (χ0) is 26.2. The largest absolute Gasteiger partial charge is 0.488 e. The fourth-order valence-corrected chi connectivity index (χ4v) is 4.97. The Kier molecular flexibility index (Phi) is 8.84. The van der Waals surface area contributed by atoms with E-state index in [0.717, 1.165) is 48.2 Å². The summed E-state index contributed by atoms with van der Waals surface area (Å²) in [5.74, 6) is 0.775. The van der Waals surface area contributed by atoms with E-state index >= 15 is 0 Å². The van der Waals surface area contributed by atoms with Crippen molar-refractivity contribution in [3.8, 4) is 0 Å². The van der Waals surface area contributed by atoms with Gasteiger partial charge in [0.2, 0.25) is 0 Å². The number of allylic oxidation sites excluding steroid dienone is 2. The normalized spacial score (nSPS) is 15.2. The van der Waals surface area contributed by atoms with E-state index in [4.69, 9.17) is 9.47 Å². The summed E-state index contributed by atoms with van der Waals surface area (Å²) in [5, 5.41) is 0. The minimum Gasteiger partial charge on any atom is -0.488 e. The summed E-state index contributed by atoms with van der Waals surface area (Å²) >= 11 is 0. The maximum absolute atomic E-state index is 12.6. The van der Waals surface area contributed by atoms with Crippen molar-refractivity contribution in [2.75, 3.05) is 25.1 Å². The number of carbonyl (C=O) groups is 1. The number of anilines is 1. The van der Waals surface area contributed by atoms with Gasteiger partial charge in [-0.15, -0.1) is 0 Å². The lowest BCUT2D eigenvalue weighted by molar-refractivity contribution is -0.136. The van der Waals surface area contributed by atoms with Crippen LogP contribution in [0.3, 0.4) is 0 Å². The molecule has 1 aliphatic heterocycles. The summed E-state index contributed by atoms with van der Waals surface area (Å²) in [4.78, 5) is 15.0. The fraction of sp³-hybridized carbons (Fsp3) is 0.303. The number of rotatable bonds is 8. The first-order chi connectivity index (χ1) is 18.0. The predicted molar refractivity (Wildman–Crippen MR) is 152 cm³/mol. The number of esters is 1. The van der Waals surface area contributed by atoms with Crippen LogP contribution in [0.1, 0.15) is 61.8 Å². The van der Waals surface area contributed by atoms with Gasteiger partial charge in [-0.25, -0.2) is 4.79 Å². The van der Waals surface area contributed by atoms with Gasteiger partial charge in [0.1, 0.15) is 12.4 Å². The third-order valence-electron chi connectivity index (χ3n) is 7.29. The van der Waals surface area contributed by atoms with Gasteiger partial charge in [-0.1, -0.05) is 66.7 Å². The summed E-state index contributed by atoms with van der Waals surface area (Å²) in [7, 11) is 1.40. The molecule has 0 aliphatic carbocycles. The molecule has 0 bridgehead atoms. The quantitative estimate of drug-likeness (QED) is 0.183. The first-order valence-electron chi connectivity index (χ1n) is 13.0. The van der Waals surface area contributed by atoms with Crippen LogP contribution in [-0.4, -0.2) is 26.2 Å². The number of ether oxygens (including phenoxy) is 2. The Hall–Kier alpha value is -3.79. The van der Waals surface area contributed by atoms with Crippen LogP contribution in [0.15, 0.2) is 90.5 Å². The number of nitrogens with zero attached hydrogens (tertiary/aromatic N) is 1. The predicted octanol–water partition coefficient (Wildman–Crippen LogP) is 7.61. The molecule has 1 heterocycles. The van der Waals surface area contributed by atoms with E-state index in [-0.39, 0.29) is 5.97 Å². The zero-order valence-electron chi connectivity index (χ0n) is 22.4. The lowest BCUT2D eigenvalue weighted by Crippen LogP contribution is -2.32. The van der Waals surface area contributed by atoms with Crippen molar-refractivity contribution in [2.45, 2.75) is 46.1 Å². The van der Waals surface area contributed by atoms with E-state index in [1.54, 1.807) is 6.92 Å². The molecule has 4 nitrogen and oxygen atoms in total. The standard InChI is InChI=1S/C33H37NO3/c1-5-24(2)31-22-29(34-20-18-28(19-21-34)27-14-10-7-11-15-27)16-17-30(31)32(25(3)33(35)36-4)37-23-26-12-8-6-9-13-26/h5-17,22,28H,18-21,23H2,1-4H3/b24-5-,32-25-. The van der Waals surface area contributed by atoms with Gasteiger partial charge in [0.25, 0.3) is 0 Å². The van der Waals surface area contributed by atoms with Crippen molar-refractivity contribution in [3.05, 3.63) is 113 Å². The molecule has 4 heteroatoms. The lowest BCUT2D eigenvalue weighted by Gasteiger charge is -2.34. The van der Waals surface area contributed by atoms with Crippen LogP contribution in [-0.2, 0) is 20.9 Å². The van der Waals surface area contributed by atoms with Crippen molar-refractivity contribution in [1.29, 1.82) is 0 Å². The van der Waals surface area contributed by atoms with Gasteiger partial charge in [-0.2, -0.15) is 0 Å². The van der Waals surface area contributed by atoms with E-state index in [1.165, 1.54) is 18.4 Å². The zero-order valence-corrected chi connectivity index (χ0v) is 22.4. The molecule has 1 saturated heterocycles. The van der Waals surface area contributed by atoms with Gasteiger partial charge >= 0.3 is 5.97 Å². The van der Waals surface area contributed by atoms with Crippen molar-refractivity contribution in [1.82, 2.24) is 0 Å². The summed E-state index contributed by atoms with van der Waals surface area (Å²) in [6.07, 6.45) is 4.37. The van der Waals surface area contributed by atoms with Crippen molar-refractivity contribution in [2.24, 2.45) is 0 Å². The smallest absolute Gasteiger partial charge is 0.337 e. The molecule has 0 radical (unpaired) electrons. The molecule has 192 valence electrons. The van der Waals surface area contributed by atoms with Crippen LogP contribution in [0.2, 0.25) is 0 Å². The monoisotopic (exact) mass is 495 g/mol. The average Bonchev–Trinajstić information content (AvgIpc) is 2.97. The molecular weight excluding hydrogens is 458 g/mol. The molecule has 0 N–H and O–H groups in total. The number of hydrogen-bond donors (Lipinski definition) is 0. The Morgan fingerprint density at radius 1 is 0.919 bits per heavy atom. The lowest BCUT2D eigenvalue weighted by atomic mass is 9.89. The highest BCUT2D eigenvalue weighted by atomic mass is 16.5. The van der Waals surface area contributed by atoms with Gasteiger partial charge in [0, 0.05) is 24.3 Å². The maximum atomic E-state index is 12.6. The van der Waals surface area contributed by atoms with E-state index in [1.807, 2.05) is 37.3 Å². The van der Waals surface area contributed by atoms with E-state index in [2.05, 4.69) is 66.4 Å². The molecule has 1 aliphatic rings. The van der Waals surface area contributed by atoms with Crippen LogP contribution >= 0.6 is 0 Å². The second kappa shape index (κ2) is 12.4.